The van der Waals surface area contributed by atoms with Crippen LogP contribution in [0.25, 0.3) is 16.7 Å². The van der Waals surface area contributed by atoms with Gasteiger partial charge in [-0.15, -0.1) is 0 Å². The normalized spacial score (nSPS) is 16.5. The van der Waals surface area contributed by atoms with Crippen LogP contribution in [0.15, 0.2) is 55.0 Å². The first-order valence-electron chi connectivity index (χ1n) is 12.3. The van der Waals surface area contributed by atoms with E-state index in [2.05, 4.69) is 15.1 Å². The Morgan fingerprint density at radius 2 is 1.92 bits per heavy atom. The highest BCUT2D eigenvalue weighted by atomic mass is 16.5. The molecule has 38 heavy (non-hydrogen) atoms. The van der Waals surface area contributed by atoms with E-state index >= 15 is 0 Å². The number of aliphatic hydroxyl groups excluding tert-OH is 1. The summed E-state index contributed by atoms with van der Waals surface area (Å²) in [7, 11) is 1.46. The summed E-state index contributed by atoms with van der Waals surface area (Å²) in [6, 6.07) is 10.4. The second kappa shape index (κ2) is 10.1. The van der Waals surface area contributed by atoms with Crippen LogP contribution in [0.4, 0.5) is 0 Å². The molecule has 0 aliphatic carbocycles. The predicted octanol–water partition coefficient (Wildman–Crippen LogP) is 2.37. The van der Waals surface area contributed by atoms with Crippen LogP contribution < -0.4 is 4.74 Å². The first-order chi connectivity index (χ1) is 18.3. The molecule has 11 nitrogen and oxygen atoms in total. The summed E-state index contributed by atoms with van der Waals surface area (Å²) in [6.45, 7) is 4.28. The summed E-state index contributed by atoms with van der Waals surface area (Å²) in [6.07, 6.45) is 3.83. The second-order valence-corrected chi connectivity index (χ2v) is 9.26. The number of ketones is 1. The topological polar surface area (TPSA) is 134 Å². The molecule has 2 N–H and O–H groups in total. The molecule has 5 rings (SSSR count). The van der Waals surface area contributed by atoms with Gasteiger partial charge in [0.05, 0.1) is 41.6 Å². The number of hydrogen-bond donors (Lipinski definition) is 2. The summed E-state index contributed by atoms with van der Waals surface area (Å²) in [5, 5.41) is 14.6. The van der Waals surface area contributed by atoms with Gasteiger partial charge in [0, 0.05) is 43.6 Å². The number of pyridine rings is 1. The largest absolute Gasteiger partial charge is 0.494 e. The number of amides is 2. The molecule has 2 amide bonds. The molecule has 1 aliphatic heterocycles. The number of hydrogen-bond acceptors (Lipinski definition) is 7. The fraction of sp³-hybridized carbons (Fsp3) is 0.296. The van der Waals surface area contributed by atoms with Gasteiger partial charge in [-0.3, -0.25) is 14.4 Å². The third-order valence-corrected chi connectivity index (χ3v) is 6.76. The summed E-state index contributed by atoms with van der Waals surface area (Å²) >= 11 is 0. The Bertz CT molecular complexity index is 1510. The van der Waals surface area contributed by atoms with Crippen molar-refractivity contribution in [2.24, 2.45) is 0 Å². The molecule has 1 aromatic carbocycles. The number of methoxy groups -OCH3 is 1. The Hall–Kier alpha value is -4.51. The highest BCUT2D eigenvalue weighted by Gasteiger charge is 2.34. The lowest BCUT2D eigenvalue weighted by molar-refractivity contribution is -0.128. The van der Waals surface area contributed by atoms with Crippen LogP contribution in [0.3, 0.4) is 0 Å². The van der Waals surface area contributed by atoms with Gasteiger partial charge >= 0.3 is 0 Å². The van der Waals surface area contributed by atoms with Crippen molar-refractivity contribution in [3.05, 3.63) is 71.8 Å². The number of nitrogens with one attached hydrogen (secondary N) is 1. The molecule has 1 fully saturated rings. The van der Waals surface area contributed by atoms with Gasteiger partial charge < -0.3 is 24.6 Å². The highest BCUT2D eigenvalue weighted by molar-refractivity contribution is 6.45. The van der Waals surface area contributed by atoms with E-state index in [4.69, 9.17) is 4.74 Å². The van der Waals surface area contributed by atoms with Gasteiger partial charge in [-0.1, -0.05) is 18.2 Å². The van der Waals surface area contributed by atoms with Crippen molar-refractivity contribution in [2.45, 2.75) is 26.0 Å². The van der Waals surface area contributed by atoms with Crippen molar-refractivity contribution < 1.29 is 24.2 Å². The van der Waals surface area contributed by atoms with Gasteiger partial charge in [0.15, 0.2) is 5.82 Å². The van der Waals surface area contributed by atoms with Gasteiger partial charge in [0.1, 0.15) is 5.75 Å². The number of rotatable bonds is 6. The average molecular weight is 517 g/mol. The molecule has 0 radical (unpaired) electrons. The van der Waals surface area contributed by atoms with Gasteiger partial charge in [0.2, 0.25) is 0 Å². The minimum atomic E-state index is -0.755. The molecule has 1 unspecified atom stereocenters. The molecule has 1 saturated heterocycles. The minimum absolute atomic E-state index is 0.102. The summed E-state index contributed by atoms with van der Waals surface area (Å²) in [5.74, 6) is -0.723. The quantitative estimate of drug-likeness (QED) is 0.297. The van der Waals surface area contributed by atoms with Crippen molar-refractivity contribution in [3.8, 4) is 11.6 Å². The third kappa shape index (κ3) is 4.41. The van der Waals surface area contributed by atoms with E-state index in [1.165, 1.54) is 29.1 Å². The van der Waals surface area contributed by atoms with E-state index in [9.17, 15) is 19.5 Å². The standard InChI is InChI=1S/C27H28N6O5/c1-16-15-31(11-12-32(16)26(36)18-7-5-4-6-8-18)27(37)24(35)19-13-28-23-22(19)21(38-3)14-29-25(23)33-10-9-20(30-33)17(2)34/h4-10,13-14,16-17,28,34H,11-12,15H2,1-3H3/t16-,17?/m1/s1. The van der Waals surface area contributed by atoms with Crippen molar-refractivity contribution in [2.75, 3.05) is 26.7 Å². The maximum atomic E-state index is 13.4. The summed E-state index contributed by atoms with van der Waals surface area (Å²) < 4.78 is 6.95. The lowest BCUT2D eigenvalue weighted by Gasteiger charge is -2.39. The molecule has 0 spiro atoms. The summed E-state index contributed by atoms with van der Waals surface area (Å²) in [5.41, 5.74) is 1.67. The van der Waals surface area contributed by atoms with E-state index in [0.29, 0.717) is 40.3 Å². The number of fused-ring (bicyclic) bond motifs is 1. The third-order valence-electron chi connectivity index (χ3n) is 6.76. The van der Waals surface area contributed by atoms with Crippen LogP contribution in [-0.4, -0.2) is 85.0 Å². The zero-order chi connectivity index (χ0) is 27.0. The molecule has 4 heterocycles. The van der Waals surface area contributed by atoms with Gasteiger partial charge in [-0.2, -0.15) is 5.10 Å². The molecule has 11 heteroatoms. The Labute approximate surface area is 218 Å². The summed E-state index contributed by atoms with van der Waals surface area (Å²) in [4.78, 5) is 50.4. The number of carbonyl (C=O) groups excluding carboxylic acids is 3. The zero-order valence-corrected chi connectivity index (χ0v) is 21.3. The van der Waals surface area contributed by atoms with Crippen LogP contribution >= 0.6 is 0 Å². The van der Waals surface area contributed by atoms with E-state index in [1.807, 2.05) is 25.1 Å². The van der Waals surface area contributed by atoms with Crippen LogP contribution in [0.1, 0.15) is 46.4 Å². The molecular weight excluding hydrogens is 488 g/mol. The van der Waals surface area contributed by atoms with Crippen LogP contribution in [0, 0.1) is 0 Å². The maximum absolute atomic E-state index is 13.4. The van der Waals surface area contributed by atoms with Gasteiger partial charge in [-0.05, 0) is 32.0 Å². The van der Waals surface area contributed by atoms with Crippen molar-refractivity contribution in [1.82, 2.24) is 29.5 Å². The number of aromatic amines is 1. The number of piperazine rings is 1. The minimum Gasteiger partial charge on any atom is -0.494 e. The molecule has 0 bridgehead atoms. The first-order valence-corrected chi connectivity index (χ1v) is 12.3. The number of nitrogens with zero attached hydrogens (tertiary/aromatic N) is 5. The number of carbonyl (C=O) groups is 3. The van der Waals surface area contributed by atoms with Crippen LogP contribution in [0.2, 0.25) is 0 Å². The Balaban J connectivity index is 1.39. The van der Waals surface area contributed by atoms with Gasteiger partial charge in [-0.25, -0.2) is 9.67 Å². The van der Waals surface area contributed by atoms with Crippen molar-refractivity contribution >= 4 is 28.5 Å². The van der Waals surface area contributed by atoms with Crippen molar-refractivity contribution in [1.29, 1.82) is 0 Å². The predicted molar refractivity (Wildman–Crippen MR) is 138 cm³/mol. The number of benzene rings is 1. The molecule has 0 saturated carbocycles. The number of H-pyrrole nitrogens is 1. The lowest BCUT2D eigenvalue weighted by Crippen LogP contribution is -2.56. The Kier molecular flexibility index (Phi) is 6.68. The molecule has 4 aromatic rings. The lowest BCUT2D eigenvalue weighted by atomic mass is 10.1. The molecule has 1 aliphatic rings. The number of aliphatic hydroxyl groups is 1. The average Bonchev–Trinajstić information content (AvgIpc) is 3.60. The van der Waals surface area contributed by atoms with E-state index in [0.717, 1.165) is 0 Å². The maximum Gasteiger partial charge on any atom is 0.295 e. The Morgan fingerprint density at radius 3 is 2.58 bits per heavy atom. The molecule has 3 aromatic heterocycles. The van der Waals surface area contributed by atoms with E-state index in [1.54, 1.807) is 36.2 Å². The second-order valence-electron chi connectivity index (χ2n) is 9.26. The molecule has 196 valence electrons. The fourth-order valence-corrected chi connectivity index (χ4v) is 4.74. The van der Waals surface area contributed by atoms with Gasteiger partial charge in [0.25, 0.3) is 17.6 Å². The smallest absolute Gasteiger partial charge is 0.295 e. The van der Waals surface area contributed by atoms with E-state index < -0.39 is 17.8 Å². The first kappa shape index (κ1) is 25.2. The fourth-order valence-electron chi connectivity index (χ4n) is 4.74. The zero-order valence-electron chi connectivity index (χ0n) is 21.3. The monoisotopic (exact) mass is 516 g/mol. The molecule has 2 atom stereocenters. The molecular formula is C27H28N6O5. The Morgan fingerprint density at radius 1 is 1.16 bits per heavy atom. The van der Waals surface area contributed by atoms with E-state index in [-0.39, 0.29) is 30.6 Å². The highest BCUT2D eigenvalue weighted by Crippen LogP contribution is 2.32. The number of Topliss-reactive ketones (excluding diaryl/α,β-unsaturated/α-hetero) is 1. The number of ether oxygens (including phenoxy) is 1. The van der Waals surface area contributed by atoms with Crippen LogP contribution in [0.5, 0.6) is 5.75 Å². The SMILES string of the molecule is COc1cnc(-n2ccc(C(C)O)n2)c2[nH]cc(C(=O)C(=O)N3CCN(C(=O)c4ccccc4)[C@H](C)C3)c12. The number of aromatic nitrogens is 4. The van der Waals surface area contributed by atoms with Crippen LogP contribution in [-0.2, 0) is 4.79 Å². The van der Waals surface area contributed by atoms with Crippen molar-refractivity contribution in [3.63, 3.8) is 0 Å².